The Morgan fingerprint density at radius 1 is 0.435 bits per heavy atom. The molecule has 1 amide bonds. The summed E-state index contributed by atoms with van der Waals surface area (Å²) in [6, 6.07) is -0.741. The lowest BCUT2D eigenvalue weighted by Crippen LogP contribution is -2.46. The van der Waals surface area contributed by atoms with Crippen molar-refractivity contribution in [3.63, 3.8) is 0 Å². The smallest absolute Gasteiger partial charge is 0.306 e. The third-order valence-electron chi connectivity index (χ3n) is 12.3. The maximum Gasteiger partial charge on any atom is 0.306 e. The lowest BCUT2D eigenvalue weighted by atomic mass is 10.0. The van der Waals surface area contributed by atoms with Crippen LogP contribution in [-0.4, -0.2) is 46.9 Å². The fourth-order valence-electron chi connectivity index (χ4n) is 8.01. The highest BCUT2D eigenvalue weighted by molar-refractivity contribution is 5.77. The van der Waals surface area contributed by atoms with Crippen molar-refractivity contribution in [3.8, 4) is 0 Å². The van der Waals surface area contributed by atoms with Crippen molar-refractivity contribution in [1.29, 1.82) is 0 Å². The normalized spacial score (nSPS) is 14.1. The predicted molar refractivity (Wildman–Crippen MR) is 300 cm³/mol. The summed E-state index contributed by atoms with van der Waals surface area (Å²) in [7, 11) is 0. The number of aliphatic hydroxyl groups excluding tert-OH is 2. The van der Waals surface area contributed by atoms with E-state index >= 15 is 0 Å². The molecule has 0 spiro atoms. The highest BCUT2D eigenvalue weighted by atomic mass is 16.5. The van der Waals surface area contributed by atoms with E-state index in [-0.39, 0.29) is 24.9 Å². The second-order valence-electron chi connectivity index (χ2n) is 18.8. The van der Waals surface area contributed by atoms with Crippen LogP contribution >= 0.6 is 0 Å². The molecule has 6 heteroatoms. The van der Waals surface area contributed by atoms with Crippen molar-refractivity contribution in [3.05, 3.63) is 122 Å². The molecule has 0 rings (SSSR count). The van der Waals surface area contributed by atoms with E-state index in [9.17, 15) is 19.8 Å². The van der Waals surface area contributed by atoms with Gasteiger partial charge in [0.05, 0.1) is 25.2 Å². The molecule has 0 heterocycles. The molecule has 3 unspecified atom stereocenters. The maximum absolute atomic E-state index is 13.3. The Kier molecular flexibility index (Phi) is 52.2. The summed E-state index contributed by atoms with van der Waals surface area (Å²) < 4.78 is 5.90. The molecule has 0 aromatic carbocycles. The van der Waals surface area contributed by atoms with Gasteiger partial charge in [0.2, 0.25) is 5.91 Å². The van der Waals surface area contributed by atoms with Crippen molar-refractivity contribution in [1.82, 2.24) is 5.32 Å². The topological polar surface area (TPSA) is 95.9 Å². The number of carbonyl (C=O) groups is 2. The number of ether oxygens (including phenoxy) is 1. The summed E-state index contributed by atoms with van der Waals surface area (Å²) in [5.41, 5.74) is 0. The Hall–Kier alpha value is -3.74. The molecule has 0 aliphatic heterocycles. The standard InChI is InChI=1S/C63H105NO5/c1-4-7-10-13-16-19-22-25-28-30-32-35-38-41-44-47-50-53-56-63(68)69-59(54-51-48-45-42-39-36-33-27-24-21-18-15-12-9-6-3)57-62(67)64-60(58-65)61(66)55-52-49-46-43-40-37-34-31-29-26-23-20-17-14-11-8-5-2/h9,12,15-16,18-19,21-22,24-25,27-28,30,32-33,35-36,39,42,45,59-61,65-66H,4-8,10-11,13-14,17,20,23,26,29,31,34,37-38,40-41,43-44,46-58H2,1-3H3,(H,64,67)/b12-9-,18-15+,19-16+,24-21+,25-22+,30-28+,33-27-,35-32+,39-36+,45-42+. The van der Waals surface area contributed by atoms with Crippen LogP contribution in [-0.2, 0) is 14.3 Å². The van der Waals surface area contributed by atoms with Crippen LogP contribution in [0, 0.1) is 0 Å². The number of hydrogen-bond donors (Lipinski definition) is 3. The first kappa shape index (κ1) is 65.3. The molecular weight excluding hydrogens is 851 g/mol. The largest absolute Gasteiger partial charge is 0.462 e. The maximum atomic E-state index is 13.3. The van der Waals surface area contributed by atoms with Crippen LogP contribution in [0.3, 0.4) is 0 Å². The zero-order chi connectivity index (χ0) is 50.2. The van der Waals surface area contributed by atoms with E-state index in [1.165, 1.54) is 109 Å². The van der Waals surface area contributed by atoms with Crippen LogP contribution in [0.5, 0.6) is 0 Å². The summed E-state index contributed by atoms with van der Waals surface area (Å²) in [5, 5.41) is 23.9. The number of allylic oxidation sites excluding steroid dienone is 20. The Bertz CT molecular complexity index is 1440. The van der Waals surface area contributed by atoms with E-state index in [0.717, 1.165) is 83.5 Å². The minimum absolute atomic E-state index is 0.00919. The number of nitrogens with one attached hydrogen (secondary N) is 1. The summed E-state index contributed by atoms with van der Waals surface area (Å²) in [6.07, 6.45) is 76.9. The fraction of sp³-hybridized carbons (Fsp3) is 0.651. The lowest BCUT2D eigenvalue weighted by Gasteiger charge is -2.24. The third-order valence-corrected chi connectivity index (χ3v) is 12.3. The Labute approximate surface area is 425 Å². The number of aliphatic hydroxyl groups is 2. The second-order valence-corrected chi connectivity index (χ2v) is 18.8. The average molecular weight is 957 g/mol. The van der Waals surface area contributed by atoms with Crippen molar-refractivity contribution in [2.75, 3.05) is 6.61 Å². The molecule has 3 atom stereocenters. The lowest BCUT2D eigenvalue weighted by molar-refractivity contribution is -0.151. The minimum Gasteiger partial charge on any atom is -0.462 e. The van der Waals surface area contributed by atoms with E-state index in [1.807, 2.05) is 60.8 Å². The number of hydrogen-bond acceptors (Lipinski definition) is 5. The molecule has 0 aromatic rings. The van der Waals surface area contributed by atoms with Gasteiger partial charge in [0.1, 0.15) is 6.10 Å². The van der Waals surface area contributed by atoms with Crippen molar-refractivity contribution in [2.24, 2.45) is 0 Å². The molecule has 0 saturated heterocycles. The van der Waals surface area contributed by atoms with Crippen molar-refractivity contribution in [2.45, 2.75) is 257 Å². The first-order chi connectivity index (χ1) is 34.0. The number of rotatable bonds is 49. The van der Waals surface area contributed by atoms with Gasteiger partial charge in [0.25, 0.3) is 0 Å². The number of amides is 1. The summed E-state index contributed by atoms with van der Waals surface area (Å²) in [6.45, 7) is 6.28. The third kappa shape index (κ3) is 50.5. The zero-order valence-electron chi connectivity index (χ0n) is 44.6. The molecule has 392 valence electrons. The van der Waals surface area contributed by atoms with Gasteiger partial charge in [-0.05, 0) is 64.2 Å². The second kappa shape index (κ2) is 55.2. The molecule has 69 heavy (non-hydrogen) atoms. The van der Waals surface area contributed by atoms with Gasteiger partial charge in [-0.3, -0.25) is 9.59 Å². The molecule has 0 radical (unpaired) electrons. The molecule has 0 aliphatic carbocycles. The summed E-state index contributed by atoms with van der Waals surface area (Å²) in [4.78, 5) is 26.2. The Morgan fingerprint density at radius 3 is 1.25 bits per heavy atom. The zero-order valence-corrected chi connectivity index (χ0v) is 44.6. The molecule has 0 fully saturated rings. The van der Waals surface area contributed by atoms with Gasteiger partial charge in [0, 0.05) is 6.42 Å². The van der Waals surface area contributed by atoms with Crippen LogP contribution in [0.4, 0.5) is 0 Å². The predicted octanol–water partition coefficient (Wildman–Crippen LogP) is 17.6. The molecule has 6 nitrogen and oxygen atoms in total. The van der Waals surface area contributed by atoms with E-state index in [1.54, 1.807) is 0 Å². The molecule has 0 bridgehead atoms. The van der Waals surface area contributed by atoms with E-state index in [4.69, 9.17) is 4.74 Å². The van der Waals surface area contributed by atoms with Crippen LogP contribution in [0.2, 0.25) is 0 Å². The van der Waals surface area contributed by atoms with Crippen LogP contribution in [0.15, 0.2) is 122 Å². The van der Waals surface area contributed by atoms with E-state index in [0.29, 0.717) is 19.3 Å². The molecule has 3 N–H and O–H groups in total. The van der Waals surface area contributed by atoms with Crippen LogP contribution in [0.1, 0.15) is 239 Å². The van der Waals surface area contributed by atoms with Gasteiger partial charge in [-0.2, -0.15) is 0 Å². The minimum atomic E-state index is -0.821. The molecule has 0 aromatic heterocycles. The van der Waals surface area contributed by atoms with E-state index < -0.39 is 18.2 Å². The van der Waals surface area contributed by atoms with Crippen LogP contribution in [0.25, 0.3) is 0 Å². The summed E-state index contributed by atoms with van der Waals surface area (Å²) in [5.74, 6) is -0.583. The van der Waals surface area contributed by atoms with E-state index in [2.05, 4.69) is 86.8 Å². The van der Waals surface area contributed by atoms with Gasteiger partial charge in [-0.25, -0.2) is 0 Å². The Balaban J connectivity index is 4.73. The highest BCUT2D eigenvalue weighted by Crippen LogP contribution is 2.17. The highest BCUT2D eigenvalue weighted by Gasteiger charge is 2.24. The van der Waals surface area contributed by atoms with Crippen molar-refractivity contribution >= 4 is 11.9 Å². The van der Waals surface area contributed by atoms with Crippen LogP contribution < -0.4 is 5.32 Å². The number of carbonyl (C=O) groups excluding carboxylic acids is 2. The first-order valence-corrected chi connectivity index (χ1v) is 28.4. The van der Waals surface area contributed by atoms with Gasteiger partial charge in [-0.1, -0.05) is 284 Å². The monoisotopic (exact) mass is 956 g/mol. The van der Waals surface area contributed by atoms with Gasteiger partial charge < -0.3 is 20.3 Å². The van der Waals surface area contributed by atoms with Gasteiger partial charge >= 0.3 is 5.97 Å². The SMILES string of the molecule is CC\C=C/C=C/C=C/C=C\C=C\C=C\CCCC(CC(=O)NC(CO)C(O)CCCCCCCCCCCCCCCCCCC)OC(=O)CCCCCCC/C=C/C=C/C=C/C=C/CCCCC. The Morgan fingerprint density at radius 2 is 0.797 bits per heavy atom. The first-order valence-electron chi connectivity index (χ1n) is 28.4. The summed E-state index contributed by atoms with van der Waals surface area (Å²) >= 11 is 0. The average Bonchev–Trinajstić information content (AvgIpc) is 3.34. The van der Waals surface area contributed by atoms with Gasteiger partial charge in [-0.15, -0.1) is 0 Å². The molecule has 0 aliphatic rings. The molecule has 0 saturated carbocycles. The number of esters is 1. The van der Waals surface area contributed by atoms with Gasteiger partial charge in [0.15, 0.2) is 0 Å². The fourth-order valence-corrected chi connectivity index (χ4v) is 8.01. The van der Waals surface area contributed by atoms with Crippen molar-refractivity contribution < 1.29 is 24.5 Å². The molecular formula is C63H105NO5. The quantitative estimate of drug-likeness (QED) is 0.0321. The number of unbranched alkanes of at least 4 members (excludes halogenated alkanes) is 25.